The molecule has 0 N–H and O–H groups in total. The zero-order valence-electron chi connectivity index (χ0n) is 10.4. The molecule has 0 saturated heterocycles. The summed E-state index contributed by atoms with van der Waals surface area (Å²) in [5.74, 6) is 0.295. The molecule has 0 fully saturated rings. The monoisotopic (exact) mass is 232 g/mol. The van der Waals surface area contributed by atoms with E-state index in [9.17, 15) is 4.79 Å². The van der Waals surface area contributed by atoms with Crippen LogP contribution in [0.25, 0.3) is 0 Å². The summed E-state index contributed by atoms with van der Waals surface area (Å²) in [4.78, 5) is 19.7. The van der Waals surface area contributed by atoms with Crippen molar-refractivity contribution >= 4 is 17.7 Å². The third-order valence-corrected chi connectivity index (χ3v) is 2.12. The number of ether oxygens (including phenoxy) is 1. The Labute approximate surface area is 101 Å². The van der Waals surface area contributed by atoms with Crippen LogP contribution in [-0.4, -0.2) is 24.1 Å². The molecule has 1 aromatic heterocycles. The first kappa shape index (κ1) is 13.1. The zero-order valence-corrected chi connectivity index (χ0v) is 10.4. The third-order valence-electron chi connectivity index (χ3n) is 2.12. The number of hydrogen-bond acceptors (Lipinski definition) is 4. The first-order valence-corrected chi connectivity index (χ1v) is 5.27. The molecule has 0 unspecified atom stereocenters. The summed E-state index contributed by atoms with van der Waals surface area (Å²) < 4.78 is 5.09. The summed E-state index contributed by atoms with van der Waals surface area (Å²) in [7, 11) is 1.50. The number of carbonyl (C=O) groups is 1. The topological polar surface area (TPSA) is 51.5 Å². The van der Waals surface area contributed by atoms with Gasteiger partial charge in [0.05, 0.1) is 7.11 Å². The number of pyridine rings is 1. The quantitative estimate of drug-likeness (QED) is 0.445. The lowest BCUT2D eigenvalue weighted by molar-refractivity contribution is 0.101. The number of aromatic nitrogens is 1. The van der Waals surface area contributed by atoms with Gasteiger partial charge in [0.1, 0.15) is 5.69 Å². The third kappa shape index (κ3) is 3.52. The molecular weight excluding hydrogens is 216 g/mol. The van der Waals surface area contributed by atoms with Crippen LogP contribution in [0.2, 0.25) is 0 Å². The normalized spacial score (nSPS) is 10.5. The number of Topliss-reactive ketones (excluding diaryl/α,β-unsaturated/α-hetero) is 1. The molecule has 0 aromatic carbocycles. The molecule has 0 bridgehead atoms. The van der Waals surface area contributed by atoms with Crippen LogP contribution in [0.4, 0.5) is 5.69 Å². The Kier molecular flexibility index (Phi) is 4.57. The van der Waals surface area contributed by atoms with E-state index in [0.717, 1.165) is 5.57 Å². The second-order valence-corrected chi connectivity index (χ2v) is 3.75. The number of methoxy groups -OCH3 is 1. The molecule has 0 aliphatic rings. The van der Waals surface area contributed by atoms with Gasteiger partial charge in [-0.2, -0.15) is 0 Å². The molecule has 0 amide bonds. The van der Waals surface area contributed by atoms with E-state index in [1.807, 2.05) is 6.92 Å². The Hall–Kier alpha value is -1.97. The number of allylic oxidation sites excluding steroid dienone is 1. The van der Waals surface area contributed by atoms with Crippen LogP contribution in [0.3, 0.4) is 0 Å². The van der Waals surface area contributed by atoms with E-state index in [1.54, 1.807) is 12.3 Å². The second-order valence-electron chi connectivity index (χ2n) is 3.75. The summed E-state index contributed by atoms with van der Waals surface area (Å²) >= 11 is 0. The molecule has 0 radical (unpaired) electrons. The number of hydrogen-bond donors (Lipinski definition) is 0. The minimum absolute atomic E-state index is 0.0619. The predicted octanol–water partition coefficient (Wildman–Crippen LogP) is 2.96. The van der Waals surface area contributed by atoms with E-state index >= 15 is 0 Å². The Morgan fingerprint density at radius 1 is 1.59 bits per heavy atom. The molecule has 0 aliphatic heterocycles. The van der Waals surface area contributed by atoms with Gasteiger partial charge in [-0.3, -0.25) is 9.79 Å². The fourth-order valence-corrected chi connectivity index (χ4v) is 1.29. The summed E-state index contributed by atoms with van der Waals surface area (Å²) in [6.07, 6.45) is 3.90. The Morgan fingerprint density at radius 3 is 2.82 bits per heavy atom. The first-order chi connectivity index (χ1) is 8.06. The highest BCUT2D eigenvalue weighted by molar-refractivity contribution is 6.00. The van der Waals surface area contributed by atoms with Crippen LogP contribution < -0.4 is 4.74 Å². The molecule has 90 valence electrons. The van der Waals surface area contributed by atoms with E-state index in [1.165, 1.54) is 20.2 Å². The van der Waals surface area contributed by atoms with Gasteiger partial charge in [-0.05, 0) is 19.9 Å². The Bertz CT molecular complexity index is 464. The van der Waals surface area contributed by atoms with Crippen LogP contribution in [0.15, 0.2) is 29.4 Å². The zero-order chi connectivity index (χ0) is 12.8. The number of nitrogens with zero attached hydrogens (tertiary/aromatic N) is 2. The van der Waals surface area contributed by atoms with Gasteiger partial charge in [0.25, 0.3) is 0 Å². The SMILES string of the molecule is C=C(C)CC=Nc1c(C(C)=O)ccnc1OC. The van der Waals surface area contributed by atoms with Gasteiger partial charge in [-0.25, -0.2) is 4.98 Å². The second kappa shape index (κ2) is 5.94. The average molecular weight is 232 g/mol. The van der Waals surface area contributed by atoms with Crippen molar-refractivity contribution in [2.75, 3.05) is 7.11 Å². The molecule has 1 heterocycles. The Balaban J connectivity index is 3.13. The number of rotatable bonds is 5. The van der Waals surface area contributed by atoms with Gasteiger partial charge in [-0.1, -0.05) is 12.2 Å². The number of aliphatic imine (C=N–C) groups is 1. The molecular formula is C13H16N2O2. The highest BCUT2D eigenvalue weighted by Crippen LogP contribution is 2.29. The van der Waals surface area contributed by atoms with Crippen LogP contribution in [-0.2, 0) is 0 Å². The molecule has 0 spiro atoms. The van der Waals surface area contributed by atoms with Crippen molar-refractivity contribution < 1.29 is 9.53 Å². The fraction of sp³-hybridized carbons (Fsp3) is 0.308. The maximum absolute atomic E-state index is 11.5. The lowest BCUT2D eigenvalue weighted by atomic mass is 10.1. The van der Waals surface area contributed by atoms with Crippen molar-refractivity contribution in [1.82, 2.24) is 4.98 Å². The number of ketones is 1. The van der Waals surface area contributed by atoms with E-state index in [0.29, 0.717) is 23.6 Å². The maximum Gasteiger partial charge on any atom is 0.240 e. The molecule has 17 heavy (non-hydrogen) atoms. The van der Waals surface area contributed by atoms with Crippen molar-refractivity contribution in [2.45, 2.75) is 20.3 Å². The lowest BCUT2D eigenvalue weighted by Crippen LogP contribution is -1.97. The largest absolute Gasteiger partial charge is 0.479 e. The molecule has 1 aromatic rings. The van der Waals surface area contributed by atoms with E-state index in [2.05, 4.69) is 16.6 Å². The van der Waals surface area contributed by atoms with Gasteiger partial charge in [0.2, 0.25) is 5.88 Å². The van der Waals surface area contributed by atoms with Crippen molar-refractivity contribution in [1.29, 1.82) is 0 Å². The molecule has 0 saturated carbocycles. The average Bonchev–Trinajstić information content (AvgIpc) is 2.28. The van der Waals surface area contributed by atoms with Gasteiger partial charge >= 0.3 is 0 Å². The van der Waals surface area contributed by atoms with Crippen molar-refractivity contribution in [3.8, 4) is 5.88 Å². The molecule has 0 atom stereocenters. The van der Waals surface area contributed by atoms with Crippen molar-refractivity contribution in [2.24, 2.45) is 4.99 Å². The minimum Gasteiger partial charge on any atom is -0.479 e. The summed E-state index contributed by atoms with van der Waals surface area (Å²) in [6.45, 7) is 7.19. The fourth-order valence-electron chi connectivity index (χ4n) is 1.29. The van der Waals surface area contributed by atoms with Gasteiger partial charge in [0, 0.05) is 24.4 Å². The van der Waals surface area contributed by atoms with E-state index in [-0.39, 0.29) is 5.78 Å². The summed E-state index contributed by atoms with van der Waals surface area (Å²) in [6, 6.07) is 1.64. The summed E-state index contributed by atoms with van der Waals surface area (Å²) in [5, 5.41) is 0. The number of carbonyl (C=O) groups excluding carboxylic acids is 1. The highest BCUT2D eigenvalue weighted by Gasteiger charge is 2.12. The highest BCUT2D eigenvalue weighted by atomic mass is 16.5. The maximum atomic E-state index is 11.5. The van der Waals surface area contributed by atoms with Crippen LogP contribution in [0.5, 0.6) is 5.88 Å². The van der Waals surface area contributed by atoms with Crippen LogP contribution >= 0.6 is 0 Å². The van der Waals surface area contributed by atoms with Gasteiger partial charge in [0.15, 0.2) is 5.78 Å². The standard InChI is InChI=1S/C13H16N2O2/c1-9(2)5-7-14-12-11(10(3)16)6-8-15-13(12)17-4/h6-8H,1,5H2,2-4H3. The smallest absolute Gasteiger partial charge is 0.240 e. The summed E-state index contributed by atoms with van der Waals surface area (Å²) in [5.41, 5.74) is 1.99. The Morgan fingerprint density at radius 2 is 2.29 bits per heavy atom. The van der Waals surface area contributed by atoms with Crippen molar-refractivity contribution in [3.05, 3.63) is 30.0 Å². The molecule has 0 aliphatic carbocycles. The lowest BCUT2D eigenvalue weighted by Gasteiger charge is -2.06. The van der Waals surface area contributed by atoms with Crippen LogP contribution in [0, 0.1) is 0 Å². The van der Waals surface area contributed by atoms with Crippen molar-refractivity contribution in [3.63, 3.8) is 0 Å². The molecule has 4 nitrogen and oxygen atoms in total. The first-order valence-electron chi connectivity index (χ1n) is 5.27. The molecule has 4 heteroatoms. The predicted molar refractivity (Wildman–Crippen MR) is 68.4 cm³/mol. The van der Waals surface area contributed by atoms with E-state index < -0.39 is 0 Å². The van der Waals surface area contributed by atoms with Crippen LogP contribution in [0.1, 0.15) is 30.6 Å². The van der Waals surface area contributed by atoms with Gasteiger partial charge < -0.3 is 4.74 Å². The van der Waals surface area contributed by atoms with E-state index in [4.69, 9.17) is 4.74 Å². The molecule has 1 rings (SSSR count). The van der Waals surface area contributed by atoms with Gasteiger partial charge in [-0.15, -0.1) is 0 Å². The minimum atomic E-state index is -0.0619.